The van der Waals surface area contributed by atoms with Crippen molar-refractivity contribution in [3.05, 3.63) is 16.3 Å². The van der Waals surface area contributed by atoms with Gasteiger partial charge in [0, 0.05) is 22.8 Å². The maximum atomic E-state index is 5.10. The Kier molecular flexibility index (Phi) is 2.33. The highest BCUT2D eigenvalue weighted by atomic mass is 32.1. The van der Waals surface area contributed by atoms with Gasteiger partial charge in [0.2, 0.25) is 0 Å². The molecule has 3 heteroatoms. The quantitative estimate of drug-likeness (QED) is 0.771. The average Bonchev–Trinajstić information content (AvgIpc) is 2.81. The Labute approximate surface area is 76.6 Å². The highest BCUT2D eigenvalue weighted by molar-refractivity contribution is 7.10. The summed E-state index contributed by atoms with van der Waals surface area (Å²) in [4.78, 5) is 1.36. The van der Waals surface area contributed by atoms with E-state index in [2.05, 4.69) is 11.4 Å². The SMILES string of the molecule is COc1csc(CNC2CC2)c1. The van der Waals surface area contributed by atoms with Crippen LogP contribution in [0.5, 0.6) is 5.75 Å². The molecule has 66 valence electrons. The largest absolute Gasteiger partial charge is 0.496 e. The molecule has 1 N–H and O–H groups in total. The summed E-state index contributed by atoms with van der Waals surface area (Å²) in [5, 5.41) is 5.51. The van der Waals surface area contributed by atoms with Gasteiger partial charge in [-0.1, -0.05) is 0 Å². The molecule has 0 radical (unpaired) electrons. The van der Waals surface area contributed by atoms with E-state index in [0.717, 1.165) is 18.3 Å². The predicted octanol–water partition coefficient (Wildman–Crippen LogP) is 2.01. The average molecular weight is 183 g/mol. The Morgan fingerprint density at radius 1 is 1.67 bits per heavy atom. The van der Waals surface area contributed by atoms with Crippen molar-refractivity contribution in [1.29, 1.82) is 0 Å². The summed E-state index contributed by atoms with van der Waals surface area (Å²) in [6.07, 6.45) is 2.70. The molecule has 0 aliphatic heterocycles. The first-order valence-electron chi connectivity index (χ1n) is 4.23. The van der Waals surface area contributed by atoms with Crippen LogP contribution in [0.1, 0.15) is 17.7 Å². The molecule has 1 aliphatic carbocycles. The van der Waals surface area contributed by atoms with Gasteiger partial charge in [0.25, 0.3) is 0 Å². The summed E-state index contributed by atoms with van der Waals surface area (Å²) in [5.74, 6) is 0.979. The van der Waals surface area contributed by atoms with Crippen LogP contribution in [0.2, 0.25) is 0 Å². The summed E-state index contributed by atoms with van der Waals surface area (Å²) in [6, 6.07) is 2.89. The van der Waals surface area contributed by atoms with E-state index in [-0.39, 0.29) is 0 Å². The summed E-state index contributed by atoms with van der Waals surface area (Å²) >= 11 is 1.76. The van der Waals surface area contributed by atoms with Crippen LogP contribution >= 0.6 is 11.3 Å². The van der Waals surface area contributed by atoms with Crippen molar-refractivity contribution in [2.75, 3.05) is 7.11 Å². The van der Waals surface area contributed by atoms with Crippen molar-refractivity contribution in [2.45, 2.75) is 25.4 Å². The molecule has 0 amide bonds. The number of nitrogens with one attached hydrogen (secondary N) is 1. The third kappa shape index (κ3) is 1.99. The fourth-order valence-electron chi connectivity index (χ4n) is 1.09. The number of methoxy groups -OCH3 is 1. The van der Waals surface area contributed by atoms with E-state index >= 15 is 0 Å². The lowest BCUT2D eigenvalue weighted by atomic mass is 10.4. The molecule has 2 rings (SSSR count). The van der Waals surface area contributed by atoms with Gasteiger partial charge in [-0.15, -0.1) is 11.3 Å². The molecule has 1 aromatic heterocycles. The second-order valence-electron chi connectivity index (χ2n) is 3.11. The third-order valence-corrected chi connectivity index (χ3v) is 2.92. The van der Waals surface area contributed by atoms with Gasteiger partial charge in [0.05, 0.1) is 7.11 Å². The van der Waals surface area contributed by atoms with Gasteiger partial charge in [-0.2, -0.15) is 0 Å². The monoisotopic (exact) mass is 183 g/mol. The van der Waals surface area contributed by atoms with Gasteiger partial charge < -0.3 is 10.1 Å². The molecule has 0 unspecified atom stereocenters. The molecule has 2 nitrogen and oxygen atoms in total. The highest BCUT2D eigenvalue weighted by Crippen LogP contribution is 2.23. The van der Waals surface area contributed by atoms with E-state index in [9.17, 15) is 0 Å². The molecule has 0 spiro atoms. The molecule has 1 saturated carbocycles. The van der Waals surface area contributed by atoms with Crippen LogP contribution in [0.15, 0.2) is 11.4 Å². The minimum Gasteiger partial charge on any atom is -0.496 e. The second kappa shape index (κ2) is 3.46. The predicted molar refractivity (Wildman–Crippen MR) is 50.7 cm³/mol. The number of ether oxygens (including phenoxy) is 1. The van der Waals surface area contributed by atoms with Crippen LogP contribution < -0.4 is 10.1 Å². The minimum absolute atomic E-state index is 0.790. The summed E-state index contributed by atoms with van der Waals surface area (Å²) in [5.41, 5.74) is 0. The third-order valence-electron chi connectivity index (χ3n) is 2.01. The van der Waals surface area contributed by atoms with Crippen molar-refractivity contribution in [1.82, 2.24) is 5.32 Å². The summed E-state index contributed by atoms with van der Waals surface area (Å²) in [7, 11) is 1.71. The first kappa shape index (κ1) is 8.08. The van der Waals surface area contributed by atoms with E-state index in [1.165, 1.54) is 17.7 Å². The van der Waals surface area contributed by atoms with E-state index in [0.29, 0.717) is 0 Å². The molecular formula is C9H13NOS. The van der Waals surface area contributed by atoms with E-state index in [4.69, 9.17) is 4.74 Å². The van der Waals surface area contributed by atoms with Gasteiger partial charge >= 0.3 is 0 Å². The smallest absolute Gasteiger partial charge is 0.129 e. The fraction of sp³-hybridized carbons (Fsp3) is 0.556. The highest BCUT2D eigenvalue weighted by Gasteiger charge is 2.20. The lowest BCUT2D eigenvalue weighted by Gasteiger charge is -1.97. The Morgan fingerprint density at radius 3 is 3.08 bits per heavy atom. The lowest BCUT2D eigenvalue weighted by Crippen LogP contribution is -2.14. The fourth-order valence-corrected chi connectivity index (χ4v) is 1.88. The Hall–Kier alpha value is -0.540. The van der Waals surface area contributed by atoms with Crippen LogP contribution in [-0.4, -0.2) is 13.2 Å². The molecule has 1 fully saturated rings. The first-order valence-corrected chi connectivity index (χ1v) is 5.11. The molecule has 0 atom stereocenters. The van der Waals surface area contributed by atoms with Crippen LogP contribution in [0.25, 0.3) is 0 Å². The van der Waals surface area contributed by atoms with Crippen molar-refractivity contribution in [3.8, 4) is 5.75 Å². The van der Waals surface area contributed by atoms with Crippen LogP contribution in [0.4, 0.5) is 0 Å². The topological polar surface area (TPSA) is 21.3 Å². The zero-order chi connectivity index (χ0) is 8.39. The zero-order valence-corrected chi connectivity index (χ0v) is 7.99. The van der Waals surface area contributed by atoms with E-state index in [1.54, 1.807) is 18.4 Å². The summed E-state index contributed by atoms with van der Waals surface area (Å²) in [6.45, 7) is 0.999. The number of hydrogen-bond acceptors (Lipinski definition) is 3. The Bertz CT molecular complexity index is 255. The standard InChI is InChI=1S/C9H13NOS/c1-11-8-4-9(12-6-8)5-10-7-2-3-7/h4,6-7,10H,2-3,5H2,1H3. The molecular weight excluding hydrogens is 170 g/mol. The maximum Gasteiger partial charge on any atom is 0.129 e. The first-order chi connectivity index (χ1) is 5.88. The molecule has 12 heavy (non-hydrogen) atoms. The van der Waals surface area contributed by atoms with E-state index in [1.807, 2.05) is 5.38 Å². The van der Waals surface area contributed by atoms with Gasteiger partial charge in [-0.3, -0.25) is 0 Å². The number of rotatable bonds is 4. The number of hydrogen-bond donors (Lipinski definition) is 1. The van der Waals surface area contributed by atoms with Gasteiger partial charge in [0.1, 0.15) is 5.75 Å². The zero-order valence-electron chi connectivity index (χ0n) is 7.17. The second-order valence-corrected chi connectivity index (χ2v) is 4.10. The van der Waals surface area contributed by atoms with Crippen LogP contribution in [-0.2, 0) is 6.54 Å². The van der Waals surface area contributed by atoms with Crippen molar-refractivity contribution in [2.24, 2.45) is 0 Å². The van der Waals surface area contributed by atoms with Gasteiger partial charge in [-0.05, 0) is 18.9 Å². The van der Waals surface area contributed by atoms with Crippen LogP contribution in [0, 0.1) is 0 Å². The van der Waals surface area contributed by atoms with Crippen molar-refractivity contribution < 1.29 is 4.74 Å². The lowest BCUT2D eigenvalue weighted by molar-refractivity contribution is 0.416. The molecule has 0 saturated heterocycles. The van der Waals surface area contributed by atoms with Crippen molar-refractivity contribution >= 4 is 11.3 Å². The minimum atomic E-state index is 0.790. The van der Waals surface area contributed by atoms with Crippen molar-refractivity contribution in [3.63, 3.8) is 0 Å². The maximum absolute atomic E-state index is 5.10. The Morgan fingerprint density at radius 2 is 2.50 bits per heavy atom. The van der Waals surface area contributed by atoms with Crippen LogP contribution in [0.3, 0.4) is 0 Å². The number of thiophene rings is 1. The van der Waals surface area contributed by atoms with Gasteiger partial charge in [0.15, 0.2) is 0 Å². The Balaban J connectivity index is 1.84. The molecule has 1 aromatic rings. The molecule has 0 aromatic carbocycles. The normalized spacial score (nSPS) is 16.4. The van der Waals surface area contributed by atoms with E-state index < -0.39 is 0 Å². The summed E-state index contributed by atoms with van der Waals surface area (Å²) < 4.78 is 5.10. The molecule has 1 heterocycles. The molecule has 1 aliphatic rings. The van der Waals surface area contributed by atoms with Gasteiger partial charge in [-0.25, -0.2) is 0 Å². The molecule has 0 bridgehead atoms.